The first-order valence-corrected chi connectivity index (χ1v) is 3.41. The van der Waals surface area contributed by atoms with Crippen LogP contribution in [0.5, 0.6) is 0 Å². The summed E-state index contributed by atoms with van der Waals surface area (Å²) in [4.78, 5) is 0. The number of aromatic nitrogens is 3. The maximum absolute atomic E-state index is 5.26. The van der Waals surface area contributed by atoms with Crippen molar-refractivity contribution in [3.05, 3.63) is 12.2 Å². The van der Waals surface area contributed by atoms with Crippen LogP contribution < -0.4 is 0 Å². The van der Waals surface area contributed by atoms with Crippen molar-refractivity contribution in [1.29, 1.82) is 0 Å². The van der Waals surface area contributed by atoms with E-state index in [0.717, 1.165) is 25.4 Å². The summed E-state index contributed by atoms with van der Waals surface area (Å²) in [5.41, 5.74) is 0. The van der Waals surface area contributed by atoms with E-state index in [1.54, 1.807) is 6.33 Å². The quantitative estimate of drug-likeness (QED) is 0.515. The predicted molar refractivity (Wildman–Crippen MR) is 34.3 cm³/mol. The monoisotopic (exact) mass is 139 g/mol. The van der Waals surface area contributed by atoms with Crippen molar-refractivity contribution in [2.75, 3.05) is 6.61 Å². The van der Waals surface area contributed by atoms with Crippen molar-refractivity contribution in [1.82, 2.24) is 14.8 Å². The summed E-state index contributed by atoms with van der Waals surface area (Å²) >= 11 is 0. The summed E-state index contributed by atoms with van der Waals surface area (Å²) in [6.07, 6.45) is 2.81. The van der Waals surface area contributed by atoms with Crippen LogP contribution in [-0.4, -0.2) is 21.4 Å². The van der Waals surface area contributed by atoms with Gasteiger partial charge in [0, 0.05) is 13.2 Å². The fraction of sp³-hybridized carbons (Fsp3) is 0.667. The Morgan fingerprint density at radius 1 is 1.60 bits per heavy atom. The lowest BCUT2D eigenvalue weighted by molar-refractivity contribution is 0.122. The van der Waals surface area contributed by atoms with E-state index in [1.807, 2.05) is 4.57 Å². The normalized spacial score (nSPS) is 18.0. The van der Waals surface area contributed by atoms with E-state index < -0.39 is 0 Å². The molecule has 54 valence electrons. The Balaban J connectivity index is 2.28. The summed E-state index contributed by atoms with van der Waals surface area (Å²) in [6.45, 7) is 2.44. The Labute approximate surface area is 58.8 Å². The minimum atomic E-state index is 0.611. The molecule has 0 N–H and O–H groups in total. The van der Waals surface area contributed by atoms with Gasteiger partial charge in [-0.1, -0.05) is 0 Å². The van der Waals surface area contributed by atoms with Crippen LogP contribution in [0.2, 0.25) is 0 Å². The highest BCUT2D eigenvalue weighted by atomic mass is 16.5. The zero-order valence-corrected chi connectivity index (χ0v) is 5.66. The number of nitrogens with zero attached hydrogens (tertiary/aromatic N) is 3. The highest BCUT2D eigenvalue weighted by molar-refractivity contribution is 4.83. The minimum Gasteiger partial charge on any atom is -0.373 e. The first-order chi connectivity index (χ1) is 4.97. The molecule has 0 bridgehead atoms. The van der Waals surface area contributed by atoms with Crippen LogP contribution in [0.25, 0.3) is 0 Å². The van der Waals surface area contributed by atoms with Gasteiger partial charge in [-0.15, -0.1) is 10.2 Å². The van der Waals surface area contributed by atoms with Crippen molar-refractivity contribution < 1.29 is 4.74 Å². The SMILES string of the molecule is c1nnc2n1CCCOC2. The number of hydrogen-bond donors (Lipinski definition) is 0. The summed E-state index contributed by atoms with van der Waals surface area (Å²) in [5.74, 6) is 0.942. The number of hydrogen-bond acceptors (Lipinski definition) is 3. The molecule has 1 aliphatic heterocycles. The van der Waals surface area contributed by atoms with Crippen LogP contribution in [0.1, 0.15) is 12.2 Å². The molecule has 0 atom stereocenters. The molecule has 0 spiro atoms. The average Bonchev–Trinajstić information content (AvgIpc) is 2.28. The summed E-state index contributed by atoms with van der Waals surface area (Å²) < 4.78 is 7.29. The number of ether oxygens (including phenoxy) is 1. The molecule has 0 fully saturated rings. The molecule has 1 aromatic rings. The van der Waals surface area contributed by atoms with Crippen molar-refractivity contribution in [3.8, 4) is 0 Å². The first-order valence-electron chi connectivity index (χ1n) is 3.41. The lowest BCUT2D eigenvalue weighted by Crippen LogP contribution is -1.98. The molecular weight excluding hydrogens is 130 g/mol. The molecule has 2 heterocycles. The third kappa shape index (κ3) is 0.903. The minimum absolute atomic E-state index is 0.611. The van der Waals surface area contributed by atoms with E-state index in [1.165, 1.54) is 0 Å². The van der Waals surface area contributed by atoms with Gasteiger partial charge in [-0.05, 0) is 6.42 Å². The van der Waals surface area contributed by atoms with Gasteiger partial charge in [0.05, 0.1) is 0 Å². The highest BCUT2D eigenvalue weighted by Crippen LogP contribution is 2.04. The van der Waals surface area contributed by atoms with Gasteiger partial charge < -0.3 is 9.30 Å². The van der Waals surface area contributed by atoms with E-state index in [0.29, 0.717) is 6.61 Å². The van der Waals surface area contributed by atoms with Crippen LogP contribution >= 0.6 is 0 Å². The molecule has 4 heteroatoms. The third-order valence-electron chi connectivity index (χ3n) is 1.61. The number of fused-ring (bicyclic) bond motifs is 1. The largest absolute Gasteiger partial charge is 0.373 e. The van der Waals surface area contributed by atoms with Crippen molar-refractivity contribution >= 4 is 0 Å². The van der Waals surface area contributed by atoms with Crippen molar-refractivity contribution in [2.45, 2.75) is 19.6 Å². The van der Waals surface area contributed by atoms with Crippen LogP contribution in [0.3, 0.4) is 0 Å². The van der Waals surface area contributed by atoms with E-state index in [-0.39, 0.29) is 0 Å². The molecule has 0 saturated carbocycles. The van der Waals surface area contributed by atoms with E-state index in [9.17, 15) is 0 Å². The smallest absolute Gasteiger partial charge is 0.158 e. The molecule has 0 saturated heterocycles. The standard InChI is InChI=1S/C6H9N3O/c1-2-9-5-7-8-6(9)4-10-3-1/h5H,1-4H2. The van der Waals surface area contributed by atoms with Crippen LogP contribution in [0, 0.1) is 0 Å². The number of rotatable bonds is 0. The lowest BCUT2D eigenvalue weighted by atomic mass is 10.4. The Morgan fingerprint density at radius 2 is 2.60 bits per heavy atom. The number of aryl methyl sites for hydroxylation is 1. The maximum atomic E-state index is 5.26. The Morgan fingerprint density at radius 3 is 3.60 bits per heavy atom. The molecule has 0 aliphatic carbocycles. The fourth-order valence-electron chi connectivity index (χ4n) is 1.08. The van der Waals surface area contributed by atoms with Crippen LogP contribution in [0.15, 0.2) is 6.33 Å². The maximum Gasteiger partial charge on any atom is 0.158 e. The first kappa shape index (κ1) is 5.85. The Bertz CT molecular complexity index is 200. The van der Waals surface area contributed by atoms with Gasteiger partial charge in [0.1, 0.15) is 12.9 Å². The second-order valence-corrected chi connectivity index (χ2v) is 2.35. The summed E-state index contributed by atoms with van der Waals surface area (Å²) in [5, 5.41) is 7.68. The van der Waals surface area contributed by atoms with Gasteiger partial charge in [-0.25, -0.2) is 0 Å². The zero-order valence-electron chi connectivity index (χ0n) is 5.66. The molecule has 1 aromatic heterocycles. The average molecular weight is 139 g/mol. The lowest BCUT2D eigenvalue weighted by Gasteiger charge is -1.95. The van der Waals surface area contributed by atoms with E-state index in [4.69, 9.17) is 4.74 Å². The molecule has 10 heavy (non-hydrogen) atoms. The Kier molecular flexibility index (Phi) is 1.39. The third-order valence-corrected chi connectivity index (χ3v) is 1.61. The van der Waals surface area contributed by atoms with Gasteiger partial charge in [-0.2, -0.15) is 0 Å². The predicted octanol–water partition coefficient (Wildman–Crippen LogP) is 0.198. The molecular formula is C6H9N3O. The van der Waals surface area contributed by atoms with Gasteiger partial charge in [0.25, 0.3) is 0 Å². The molecule has 0 radical (unpaired) electrons. The van der Waals surface area contributed by atoms with Gasteiger partial charge in [0.15, 0.2) is 5.82 Å². The van der Waals surface area contributed by atoms with Crippen LogP contribution in [-0.2, 0) is 17.9 Å². The molecule has 0 amide bonds. The molecule has 1 aliphatic rings. The summed E-state index contributed by atoms with van der Waals surface area (Å²) in [7, 11) is 0. The van der Waals surface area contributed by atoms with Crippen molar-refractivity contribution in [3.63, 3.8) is 0 Å². The molecule has 4 nitrogen and oxygen atoms in total. The van der Waals surface area contributed by atoms with Gasteiger partial charge in [-0.3, -0.25) is 0 Å². The fourth-order valence-corrected chi connectivity index (χ4v) is 1.08. The zero-order chi connectivity index (χ0) is 6.81. The highest BCUT2D eigenvalue weighted by Gasteiger charge is 2.07. The van der Waals surface area contributed by atoms with E-state index in [2.05, 4.69) is 10.2 Å². The van der Waals surface area contributed by atoms with Gasteiger partial charge in [0.2, 0.25) is 0 Å². The van der Waals surface area contributed by atoms with Gasteiger partial charge >= 0.3 is 0 Å². The molecule has 0 aromatic carbocycles. The molecule has 2 rings (SSSR count). The molecule has 0 unspecified atom stereocenters. The summed E-state index contributed by atoms with van der Waals surface area (Å²) in [6, 6.07) is 0. The second kappa shape index (κ2) is 2.38. The van der Waals surface area contributed by atoms with Crippen molar-refractivity contribution in [2.24, 2.45) is 0 Å². The van der Waals surface area contributed by atoms with Crippen LogP contribution in [0.4, 0.5) is 0 Å². The Hall–Kier alpha value is -0.900. The second-order valence-electron chi connectivity index (χ2n) is 2.35. The topological polar surface area (TPSA) is 39.9 Å². The van der Waals surface area contributed by atoms with E-state index >= 15 is 0 Å².